The second-order valence-electron chi connectivity index (χ2n) is 11.3. The van der Waals surface area contributed by atoms with Gasteiger partial charge < -0.3 is 25.3 Å². The number of nitrogens with one attached hydrogen (secondary N) is 3. The number of ether oxygens (including phenoxy) is 1. The van der Waals surface area contributed by atoms with Crippen LogP contribution >= 0.6 is 0 Å². The maximum absolute atomic E-state index is 15.6. The summed E-state index contributed by atoms with van der Waals surface area (Å²) in [7, 11) is 4.32. The predicted molar refractivity (Wildman–Crippen MR) is 171 cm³/mol. The van der Waals surface area contributed by atoms with E-state index in [1.807, 2.05) is 50.2 Å². The molecule has 0 aliphatic carbocycles. The second-order valence-corrected chi connectivity index (χ2v) is 11.3. The Hall–Kier alpha value is -5.03. The maximum atomic E-state index is 15.6. The number of halogens is 1. The fourth-order valence-electron chi connectivity index (χ4n) is 5.73. The van der Waals surface area contributed by atoms with Crippen LogP contribution in [0.2, 0.25) is 0 Å². The zero-order chi connectivity index (χ0) is 32.4. The van der Waals surface area contributed by atoms with Gasteiger partial charge in [0.05, 0.1) is 7.11 Å². The normalized spacial score (nSPS) is 14.6. The van der Waals surface area contributed by atoms with Gasteiger partial charge in [-0.15, -0.1) is 0 Å². The lowest BCUT2D eigenvalue weighted by Gasteiger charge is -2.24. The summed E-state index contributed by atoms with van der Waals surface area (Å²) in [5.41, 5.74) is 4.48. The molecule has 2 heterocycles. The van der Waals surface area contributed by atoms with Crippen molar-refractivity contribution in [3.63, 3.8) is 0 Å². The molecule has 0 spiro atoms. The lowest BCUT2D eigenvalue weighted by Crippen LogP contribution is -2.45. The Kier molecular flexibility index (Phi) is 9.01. The van der Waals surface area contributed by atoms with Crippen molar-refractivity contribution < 1.29 is 18.7 Å². The molecule has 4 aromatic rings. The van der Waals surface area contributed by atoms with Crippen LogP contribution in [0.15, 0.2) is 64.3 Å². The van der Waals surface area contributed by atoms with E-state index in [4.69, 9.17) is 4.74 Å². The van der Waals surface area contributed by atoms with Crippen LogP contribution in [0.4, 0.5) is 10.1 Å². The highest BCUT2D eigenvalue weighted by molar-refractivity contribution is 6.04. The predicted octanol–water partition coefficient (Wildman–Crippen LogP) is 3.80. The van der Waals surface area contributed by atoms with Crippen LogP contribution < -0.4 is 31.9 Å². The van der Waals surface area contributed by atoms with Crippen molar-refractivity contribution in [3.05, 3.63) is 104 Å². The fraction of sp³-hybridized carbons (Fsp3) is 0.294. The zero-order valence-electron chi connectivity index (χ0n) is 25.9. The van der Waals surface area contributed by atoms with Gasteiger partial charge in [-0.25, -0.2) is 9.18 Å². The Morgan fingerprint density at radius 2 is 1.71 bits per heavy atom. The number of aryl methyl sites for hydroxylation is 1. The standard InChI is InChI=1S/C34H36FN5O5/c1-19-23(21-14-28(35)26(30(15-21)45-5)17-36-22-12-13-31(41)37-16-22)8-6-9-24(19)25-10-7-11-29(20(25)2)38-32(42)27-18-39(3)34(44)40(4)33(27)43/h6-11,14-15,18,22,36H,12-13,16-17H2,1-5H3,(H,37,41)(H,38,42)/t22-/m1/s1. The van der Waals surface area contributed by atoms with E-state index in [2.05, 4.69) is 16.0 Å². The number of anilines is 1. The number of benzene rings is 3. The summed E-state index contributed by atoms with van der Waals surface area (Å²) in [6, 6.07) is 14.7. The van der Waals surface area contributed by atoms with Crippen molar-refractivity contribution in [1.82, 2.24) is 19.8 Å². The molecule has 1 aromatic heterocycles. The van der Waals surface area contributed by atoms with Gasteiger partial charge in [-0.1, -0.05) is 30.3 Å². The van der Waals surface area contributed by atoms with Gasteiger partial charge in [0, 0.05) is 57.1 Å². The summed E-state index contributed by atoms with van der Waals surface area (Å²) >= 11 is 0. The Bertz CT molecular complexity index is 1920. The SMILES string of the molecule is COc1cc(-c2cccc(-c3cccc(NC(=O)c4cn(C)c(=O)n(C)c4=O)c3C)c2C)cc(F)c1CN[C@@H]1CCC(=O)NC1. The Labute approximate surface area is 259 Å². The number of piperidine rings is 1. The molecule has 5 rings (SSSR count). The number of carbonyl (C=O) groups is 2. The summed E-state index contributed by atoms with van der Waals surface area (Å²) in [5, 5.41) is 8.97. The molecule has 0 bridgehead atoms. The molecule has 0 saturated carbocycles. The average molecular weight is 614 g/mol. The van der Waals surface area contributed by atoms with Gasteiger partial charge in [-0.05, 0) is 71.8 Å². The molecule has 1 saturated heterocycles. The first-order valence-electron chi connectivity index (χ1n) is 14.6. The minimum Gasteiger partial charge on any atom is -0.496 e. The lowest BCUT2D eigenvalue weighted by atomic mass is 9.90. The van der Waals surface area contributed by atoms with Crippen LogP contribution in [0.5, 0.6) is 5.75 Å². The van der Waals surface area contributed by atoms with Gasteiger partial charge in [0.1, 0.15) is 17.1 Å². The van der Waals surface area contributed by atoms with E-state index in [0.29, 0.717) is 42.0 Å². The van der Waals surface area contributed by atoms with Crippen LogP contribution in [-0.2, 0) is 25.4 Å². The van der Waals surface area contributed by atoms with E-state index >= 15 is 4.39 Å². The first-order chi connectivity index (χ1) is 21.5. The van der Waals surface area contributed by atoms with Crippen LogP contribution in [-0.4, -0.2) is 40.6 Å². The van der Waals surface area contributed by atoms with Gasteiger partial charge in [0.15, 0.2) is 0 Å². The number of nitrogens with zero attached hydrogens (tertiary/aromatic N) is 2. The monoisotopic (exact) mass is 613 g/mol. The molecule has 11 heteroatoms. The lowest BCUT2D eigenvalue weighted by molar-refractivity contribution is -0.122. The largest absolute Gasteiger partial charge is 0.496 e. The highest BCUT2D eigenvalue weighted by atomic mass is 19.1. The molecule has 1 aliphatic heterocycles. The number of hydrogen-bond acceptors (Lipinski definition) is 6. The van der Waals surface area contributed by atoms with Crippen molar-refractivity contribution in [2.45, 2.75) is 39.3 Å². The zero-order valence-corrected chi connectivity index (χ0v) is 25.9. The molecule has 45 heavy (non-hydrogen) atoms. The third-order valence-electron chi connectivity index (χ3n) is 8.42. The highest BCUT2D eigenvalue weighted by Gasteiger charge is 2.21. The molecule has 1 aliphatic rings. The van der Waals surface area contributed by atoms with E-state index in [1.165, 1.54) is 38.0 Å². The minimum absolute atomic E-state index is 0.0267. The second kappa shape index (κ2) is 12.9. The third kappa shape index (κ3) is 6.30. The smallest absolute Gasteiger partial charge is 0.330 e. The van der Waals surface area contributed by atoms with Gasteiger partial charge in [0.2, 0.25) is 5.91 Å². The number of aromatic nitrogens is 2. The van der Waals surface area contributed by atoms with E-state index in [0.717, 1.165) is 32.4 Å². The number of amides is 2. The molecule has 0 unspecified atom stereocenters. The van der Waals surface area contributed by atoms with E-state index in [1.54, 1.807) is 6.07 Å². The molecule has 3 N–H and O–H groups in total. The average Bonchev–Trinajstić information content (AvgIpc) is 3.03. The van der Waals surface area contributed by atoms with Crippen LogP contribution in [0, 0.1) is 19.7 Å². The van der Waals surface area contributed by atoms with Crippen LogP contribution in [0.3, 0.4) is 0 Å². The first-order valence-corrected chi connectivity index (χ1v) is 14.6. The molecule has 234 valence electrons. The minimum atomic E-state index is -0.681. The number of hydrogen-bond donors (Lipinski definition) is 3. The molecule has 1 atom stereocenters. The number of methoxy groups -OCH3 is 1. The Balaban J connectivity index is 1.44. The summed E-state index contributed by atoms with van der Waals surface area (Å²) in [4.78, 5) is 49.3. The fourth-order valence-corrected chi connectivity index (χ4v) is 5.73. The summed E-state index contributed by atoms with van der Waals surface area (Å²) in [6.45, 7) is 4.60. The molecule has 10 nitrogen and oxygen atoms in total. The maximum Gasteiger partial charge on any atom is 0.330 e. The van der Waals surface area contributed by atoms with Crippen molar-refractivity contribution in [2.24, 2.45) is 14.1 Å². The summed E-state index contributed by atoms with van der Waals surface area (Å²) < 4.78 is 23.2. The molecule has 0 radical (unpaired) electrons. The summed E-state index contributed by atoms with van der Waals surface area (Å²) in [5.74, 6) is -0.569. The quantitative estimate of drug-likeness (QED) is 0.278. The third-order valence-corrected chi connectivity index (χ3v) is 8.42. The molecule has 1 fully saturated rings. The number of carbonyl (C=O) groups excluding carboxylic acids is 2. The van der Waals surface area contributed by atoms with Crippen LogP contribution in [0.1, 0.15) is 39.9 Å². The van der Waals surface area contributed by atoms with E-state index < -0.39 is 23.0 Å². The van der Waals surface area contributed by atoms with E-state index in [-0.39, 0.29) is 24.1 Å². The summed E-state index contributed by atoms with van der Waals surface area (Å²) in [6.07, 6.45) is 2.36. The van der Waals surface area contributed by atoms with Gasteiger partial charge in [-0.2, -0.15) is 0 Å². The highest BCUT2D eigenvalue weighted by Crippen LogP contribution is 2.37. The topological polar surface area (TPSA) is 123 Å². The van der Waals surface area contributed by atoms with Gasteiger partial charge in [0.25, 0.3) is 11.5 Å². The molecular formula is C34H36FN5O5. The Morgan fingerprint density at radius 3 is 2.40 bits per heavy atom. The van der Waals surface area contributed by atoms with E-state index in [9.17, 15) is 19.2 Å². The first kappa shape index (κ1) is 31.4. The van der Waals surface area contributed by atoms with Gasteiger partial charge >= 0.3 is 5.69 Å². The van der Waals surface area contributed by atoms with Crippen molar-refractivity contribution in [3.8, 4) is 28.0 Å². The molecular weight excluding hydrogens is 577 g/mol. The Morgan fingerprint density at radius 1 is 1.02 bits per heavy atom. The molecule has 3 aromatic carbocycles. The van der Waals surface area contributed by atoms with Crippen molar-refractivity contribution in [1.29, 1.82) is 0 Å². The van der Waals surface area contributed by atoms with Crippen molar-refractivity contribution in [2.75, 3.05) is 19.0 Å². The van der Waals surface area contributed by atoms with Crippen molar-refractivity contribution >= 4 is 17.5 Å². The van der Waals surface area contributed by atoms with Crippen LogP contribution in [0.25, 0.3) is 22.3 Å². The van der Waals surface area contributed by atoms with Gasteiger partial charge in [-0.3, -0.25) is 19.0 Å². The molecule has 2 amide bonds. The number of rotatable bonds is 8.